The van der Waals surface area contributed by atoms with Crippen LogP contribution >= 0.6 is 0 Å². The number of nitrogens with one attached hydrogen (secondary N) is 1. The Hall–Kier alpha value is -2.08. The van der Waals surface area contributed by atoms with E-state index in [1.165, 1.54) is 18.2 Å². The van der Waals surface area contributed by atoms with Gasteiger partial charge in [-0.1, -0.05) is 0 Å². The first-order valence-electron chi connectivity index (χ1n) is 5.38. The lowest BCUT2D eigenvalue weighted by molar-refractivity contribution is -0.121. The molecule has 0 spiro atoms. The van der Waals surface area contributed by atoms with Crippen LogP contribution in [0.2, 0.25) is 0 Å². The van der Waals surface area contributed by atoms with Crippen LogP contribution in [0.3, 0.4) is 0 Å². The Morgan fingerprint density at radius 2 is 2.06 bits per heavy atom. The number of hydrogen-bond acceptors (Lipinski definition) is 4. The molecular weight excluding hydrogens is 238 g/mol. The molecule has 0 aromatic heterocycles. The maximum Gasteiger partial charge on any atom is 0.339 e. The van der Waals surface area contributed by atoms with E-state index in [0.717, 1.165) is 0 Å². The molecule has 1 rings (SSSR count). The first-order chi connectivity index (χ1) is 8.40. The molecule has 0 heterocycles. The van der Waals surface area contributed by atoms with E-state index in [2.05, 4.69) is 5.32 Å². The van der Waals surface area contributed by atoms with Gasteiger partial charge >= 0.3 is 5.97 Å². The van der Waals surface area contributed by atoms with Crippen LogP contribution in [0.4, 0.5) is 5.69 Å². The van der Waals surface area contributed by atoms with Crippen molar-refractivity contribution < 1.29 is 24.5 Å². The summed E-state index contributed by atoms with van der Waals surface area (Å²) in [5.41, 5.74) is 0.0984. The standard InChI is InChI=1S/C12H15NO5/c1-7(2)18-6-11(15)13-8-3-4-9(12(16)17)10(14)5-8/h3-5,7,14H,6H2,1-2H3,(H,13,15)(H,16,17). The lowest BCUT2D eigenvalue weighted by Gasteiger charge is -2.09. The lowest BCUT2D eigenvalue weighted by Crippen LogP contribution is -2.20. The zero-order valence-corrected chi connectivity index (χ0v) is 10.1. The predicted octanol–water partition coefficient (Wildman–Crippen LogP) is 1.45. The van der Waals surface area contributed by atoms with Gasteiger partial charge in [-0.15, -0.1) is 0 Å². The zero-order chi connectivity index (χ0) is 13.7. The van der Waals surface area contributed by atoms with Gasteiger partial charge in [0.1, 0.15) is 17.9 Å². The van der Waals surface area contributed by atoms with Crippen molar-refractivity contribution in [1.29, 1.82) is 0 Å². The average molecular weight is 253 g/mol. The smallest absolute Gasteiger partial charge is 0.339 e. The molecule has 0 saturated carbocycles. The second-order valence-electron chi connectivity index (χ2n) is 3.95. The summed E-state index contributed by atoms with van der Waals surface area (Å²) >= 11 is 0. The minimum Gasteiger partial charge on any atom is -0.507 e. The normalized spacial score (nSPS) is 10.4. The van der Waals surface area contributed by atoms with E-state index in [-0.39, 0.29) is 24.2 Å². The molecule has 0 aliphatic rings. The molecule has 6 heteroatoms. The fourth-order valence-electron chi connectivity index (χ4n) is 1.23. The molecule has 3 N–H and O–H groups in total. The van der Waals surface area contributed by atoms with Crippen LogP contribution in [-0.2, 0) is 9.53 Å². The van der Waals surface area contributed by atoms with Gasteiger partial charge < -0.3 is 20.3 Å². The molecule has 0 aliphatic carbocycles. The van der Waals surface area contributed by atoms with Crippen molar-refractivity contribution in [2.75, 3.05) is 11.9 Å². The molecule has 0 unspecified atom stereocenters. The summed E-state index contributed by atoms with van der Waals surface area (Å²) in [7, 11) is 0. The van der Waals surface area contributed by atoms with Crippen molar-refractivity contribution in [3.05, 3.63) is 23.8 Å². The number of carbonyl (C=O) groups excluding carboxylic acids is 1. The number of aromatic hydroxyl groups is 1. The summed E-state index contributed by atoms with van der Waals surface area (Å²) in [6.45, 7) is 3.51. The Morgan fingerprint density at radius 1 is 1.39 bits per heavy atom. The summed E-state index contributed by atoms with van der Waals surface area (Å²) in [4.78, 5) is 22.1. The average Bonchev–Trinajstić information content (AvgIpc) is 2.26. The molecule has 0 atom stereocenters. The van der Waals surface area contributed by atoms with Gasteiger partial charge in [-0.2, -0.15) is 0 Å². The Bertz CT molecular complexity index is 456. The van der Waals surface area contributed by atoms with Crippen molar-refractivity contribution in [3.63, 3.8) is 0 Å². The first-order valence-corrected chi connectivity index (χ1v) is 5.38. The molecule has 1 amide bonds. The second-order valence-corrected chi connectivity index (χ2v) is 3.95. The molecule has 6 nitrogen and oxygen atoms in total. The molecule has 1 aromatic carbocycles. The van der Waals surface area contributed by atoms with E-state index in [0.29, 0.717) is 5.69 Å². The first kappa shape index (κ1) is 14.0. The number of amides is 1. The van der Waals surface area contributed by atoms with Gasteiger partial charge in [-0.25, -0.2) is 4.79 Å². The number of hydrogen-bond donors (Lipinski definition) is 3. The largest absolute Gasteiger partial charge is 0.507 e. The second kappa shape index (κ2) is 6.02. The fraction of sp³-hybridized carbons (Fsp3) is 0.333. The van der Waals surface area contributed by atoms with E-state index >= 15 is 0 Å². The van der Waals surface area contributed by atoms with Gasteiger partial charge in [-0.3, -0.25) is 4.79 Å². The summed E-state index contributed by atoms with van der Waals surface area (Å²) in [6.07, 6.45) is -0.0569. The SMILES string of the molecule is CC(C)OCC(=O)Nc1ccc(C(=O)O)c(O)c1. The maximum atomic E-state index is 11.4. The van der Waals surface area contributed by atoms with Crippen LogP contribution in [0.25, 0.3) is 0 Å². The highest BCUT2D eigenvalue weighted by Crippen LogP contribution is 2.21. The Labute approximate surface area is 104 Å². The fourth-order valence-corrected chi connectivity index (χ4v) is 1.23. The van der Waals surface area contributed by atoms with Crippen molar-refractivity contribution in [3.8, 4) is 5.75 Å². The highest BCUT2D eigenvalue weighted by atomic mass is 16.5. The van der Waals surface area contributed by atoms with Gasteiger partial charge in [-0.05, 0) is 26.0 Å². The molecule has 18 heavy (non-hydrogen) atoms. The van der Waals surface area contributed by atoms with Gasteiger partial charge in [0.15, 0.2) is 0 Å². The number of carboxylic acid groups (broad SMARTS) is 1. The van der Waals surface area contributed by atoms with E-state index < -0.39 is 11.7 Å². The van der Waals surface area contributed by atoms with Gasteiger partial charge in [0.2, 0.25) is 5.91 Å². The minimum atomic E-state index is -1.23. The van der Waals surface area contributed by atoms with Crippen molar-refractivity contribution >= 4 is 17.6 Å². The molecule has 0 fully saturated rings. The monoisotopic (exact) mass is 253 g/mol. The van der Waals surface area contributed by atoms with Crippen molar-refractivity contribution in [1.82, 2.24) is 0 Å². The van der Waals surface area contributed by atoms with Crippen LogP contribution in [-0.4, -0.2) is 34.8 Å². The highest BCUT2D eigenvalue weighted by Gasteiger charge is 2.11. The van der Waals surface area contributed by atoms with Crippen LogP contribution in [0.5, 0.6) is 5.75 Å². The maximum absolute atomic E-state index is 11.4. The third kappa shape index (κ3) is 4.06. The molecule has 0 radical (unpaired) electrons. The van der Waals surface area contributed by atoms with Gasteiger partial charge in [0, 0.05) is 11.8 Å². The summed E-state index contributed by atoms with van der Waals surface area (Å²) < 4.78 is 5.10. The highest BCUT2D eigenvalue weighted by molar-refractivity contribution is 5.94. The third-order valence-corrected chi connectivity index (χ3v) is 2.06. The summed E-state index contributed by atoms with van der Waals surface area (Å²) in [5.74, 6) is -2.00. The Balaban J connectivity index is 2.66. The van der Waals surface area contributed by atoms with Crippen molar-refractivity contribution in [2.24, 2.45) is 0 Å². The van der Waals surface area contributed by atoms with E-state index in [4.69, 9.17) is 9.84 Å². The molecule has 98 valence electrons. The number of rotatable bonds is 5. The molecule has 1 aromatic rings. The molecule has 0 aliphatic heterocycles. The predicted molar refractivity (Wildman–Crippen MR) is 64.8 cm³/mol. The number of phenols is 1. The number of benzene rings is 1. The quantitative estimate of drug-likeness (QED) is 0.738. The molecular formula is C12H15NO5. The number of ether oxygens (including phenoxy) is 1. The van der Waals surface area contributed by atoms with Crippen LogP contribution in [0.1, 0.15) is 24.2 Å². The number of carboxylic acids is 1. The topological polar surface area (TPSA) is 95.9 Å². The van der Waals surface area contributed by atoms with E-state index in [1.807, 2.05) is 0 Å². The van der Waals surface area contributed by atoms with E-state index in [9.17, 15) is 14.7 Å². The molecule has 0 saturated heterocycles. The Morgan fingerprint density at radius 3 is 2.56 bits per heavy atom. The third-order valence-electron chi connectivity index (χ3n) is 2.06. The van der Waals surface area contributed by atoms with Crippen molar-refractivity contribution in [2.45, 2.75) is 20.0 Å². The summed E-state index contributed by atoms with van der Waals surface area (Å²) in [6, 6.07) is 3.80. The van der Waals surface area contributed by atoms with Crippen LogP contribution < -0.4 is 5.32 Å². The van der Waals surface area contributed by atoms with Crippen LogP contribution in [0.15, 0.2) is 18.2 Å². The lowest BCUT2D eigenvalue weighted by atomic mass is 10.2. The Kier molecular flexibility index (Phi) is 4.67. The minimum absolute atomic E-state index is 0.0569. The van der Waals surface area contributed by atoms with Gasteiger partial charge in [0.05, 0.1) is 6.10 Å². The number of aromatic carboxylic acids is 1. The summed E-state index contributed by atoms with van der Waals surface area (Å²) in [5, 5.41) is 20.6. The van der Waals surface area contributed by atoms with Gasteiger partial charge in [0.25, 0.3) is 0 Å². The number of carbonyl (C=O) groups is 2. The van der Waals surface area contributed by atoms with Crippen LogP contribution in [0, 0.1) is 0 Å². The van der Waals surface area contributed by atoms with E-state index in [1.54, 1.807) is 13.8 Å². The number of anilines is 1. The zero-order valence-electron chi connectivity index (χ0n) is 10.1. The molecule has 0 bridgehead atoms.